The highest BCUT2D eigenvalue weighted by atomic mass is 32.2. The first kappa shape index (κ1) is 15.1. The molecule has 0 aliphatic heterocycles. The molecule has 2 N–H and O–H groups in total. The molecule has 2 aromatic carbocycles. The lowest BCUT2D eigenvalue weighted by Crippen LogP contribution is -2.13. The summed E-state index contributed by atoms with van der Waals surface area (Å²) in [5.41, 5.74) is 1.79. The highest BCUT2D eigenvalue weighted by molar-refractivity contribution is 7.92. The van der Waals surface area contributed by atoms with Crippen LogP contribution in [-0.4, -0.2) is 14.3 Å². The van der Waals surface area contributed by atoms with E-state index in [0.29, 0.717) is 11.4 Å². The highest BCUT2D eigenvalue weighted by Gasteiger charge is 2.14. The number of rotatable bonds is 4. The summed E-state index contributed by atoms with van der Waals surface area (Å²) in [5.74, 6) is -0.214. The zero-order chi connectivity index (χ0) is 15.5. The first-order chi connectivity index (χ1) is 9.87. The SMILES string of the molecule is CC(=O)Nc1cccc(NS(=O)(=O)c2cccc(C)c2)c1. The largest absolute Gasteiger partial charge is 0.326 e. The van der Waals surface area contributed by atoms with Gasteiger partial charge in [0, 0.05) is 12.6 Å². The van der Waals surface area contributed by atoms with Crippen molar-refractivity contribution in [2.45, 2.75) is 18.7 Å². The minimum atomic E-state index is -3.64. The fraction of sp³-hybridized carbons (Fsp3) is 0.133. The monoisotopic (exact) mass is 304 g/mol. The molecule has 0 aromatic heterocycles. The van der Waals surface area contributed by atoms with E-state index in [9.17, 15) is 13.2 Å². The Balaban J connectivity index is 2.26. The number of amides is 1. The van der Waals surface area contributed by atoms with Crippen molar-refractivity contribution in [3.8, 4) is 0 Å². The number of nitrogens with one attached hydrogen (secondary N) is 2. The van der Waals surface area contributed by atoms with Crippen molar-refractivity contribution in [3.63, 3.8) is 0 Å². The van der Waals surface area contributed by atoms with Gasteiger partial charge in [-0.15, -0.1) is 0 Å². The fourth-order valence-electron chi connectivity index (χ4n) is 1.86. The average molecular weight is 304 g/mol. The van der Waals surface area contributed by atoms with Crippen LogP contribution in [0.1, 0.15) is 12.5 Å². The van der Waals surface area contributed by atoms with Crippen LogP contribution < -0.4 is 10.0 Å². The Morgan fingerprint density at radius 2 is 1.67 bits per heavy atom. The third-order valence-electron chi connectivity index (χ3n) is 2.73. The summed E-state index contributed by atoms with van der Waals surface area (Å²) < 4.78 is 27.1. The second kappa shape index (κ2) is 5.97. The lowest BCUT2D eigenvalue weighted by atomic mass is 10.2. The molecule has 0 heterocycles. The lowest BCUT2D eigenvalue weighted by Gasteiger charge is -2.10. The molecule has 0 fully saturated rings. The van der Waals surface area contributed by atoms with Crippen molar-refractivity contribution in [2.75, 3.05) is 10.0 Å². The van der Waals surface area contributed by atoms with Gasteiger partial charge in [0.15, 0.2) is 0 Å². The molecule has 5 nitrogen and oxygen atoms in total. The summed E-state index contributed by atoms with van der Waals surface area (Å²) in [4.78, 5) is 11.2. The van der Waals surface area contributed by atoms with E-state index in [1.807, 2.05) is 13.0 Å². The second-order valence-corrected chi connectivity index (χ2v) is 6.37. The number of hydrogen-bond acceptors (Lipinski definition) is 3. The van der Waals surface area contributed by atoms with Gasteiger partial charge >= 0.3 is 0 Å². The Morgan fingerprint density at radius 1 is 1.00 bits per heavy atom. The topological polar surface area (TPSA) is 75.3 Å². The van der Waals surface area contributed by atoms with E-state index in [2.05, 4.69) is 10.0 Å². The normalized spacial score (nSPS) is 11.0. The minimum absolute atomic E-state index is 0.201. The molecule has 0 saturated heterocycles. The summed E-state index contributed by atoms with van der Waals surface area (Å²) >= 11 is 0. The van der Waals surface area contributed by atoms with Crippen LogP contribution in [0.2, 0.25) is 0 Å². The van der Waals surface area contributed by atoms with Crippen LogP contribution in [0.3, 0.4) is 0 Å². The highest BCUT2D eigenvalue weighted by Crippen LogP contribution is 2.20. The quantitative estimate of drug-likeness (QED) is 0.912. The third-order valence-corrected chi connectivity index (χ3v) is 4.11. The van der Waals surface area contributed by atoms with Crippen LogP contribution >= 0.6 is 0 Å². The van der Waals surface area contributed by atoms with Gasteiger partial charge in [-0.1, -0.05) is 18.2 Å². The molecular weight excluding hydrogens is 288 g/mol. The Bertz CT molecular complexity index is 770. The van der Waals surface area contributed by atoms with E-state index < -0.39 is 10.0 Å². The van der Waals surface area contributed by atoms with Crippen LogP contribution in [0.4, 0.5) is 11.4 Å². The van der Waals surface area contributed by atoms with Gasteiger partial charge in [0.05, 0.1) is 10.6 Å². The van der Waals surface area contributed by atoms with E-state index >= 15 is 0 Å². The van der Waals surface area contributed by atoms with Gasteiger partial charge in [-0.3, -0.25) is 9.52 Å². The summed E-state index contributed by atoms with van der Waals surface area (Å²) in [6.45, 7) is 3.22. The number of sulfonamides is 1. The van der Waals surface area contributed by atoms with E-state index in [0.717, 1.165) is 5.56 Å². The Kier molecular flexibility index (Phi) is 4.28. The predicted molar refractivity (Wildman–Crippen MR) is 82.7 cm³/mol. The zero-order valence-electron chi connectivity index (χ0n) is 11.8. The Hall–Kier alpha value is -2.34. The maximum absolute atomic E-state index is 12.3. The van der Waals surface area contributed by atoms with E-state index in [1.165, 1.54) is 13.0 Å². The number of anilines is 2. The third kappa shape index (κ3) is 4.06. The molecule has 0 aliphatic carbocycles. The molecule has 1 amide bonds. The van der Waals surface area contributed by atoms with Crippen LogP contribution in [0.25, 0.3) is 0 Å². The van der Waals surface area contributed by atoms with Crippen LogP contribution in [-0.2, 0) is 14.8 Å². The number of benzene rings is 2. The zero-order valence-corrected chi connectivity index (χ0v) is 12.6. The molecule has 2 aromatic rings. The van der Waals surface area contributed by atoms with Crippen molar-refractivity contribution in [1.82, 2.24) is 0 Å². The van der Waals surface area contributed by atoms with Gasteiger partial charge in [0.25, 0.3) is 10.0 Å². The molecule has 21 heavy (non-hydrogen) atoms. The summed E-state index contributed by atoms with van der Waals surface area (Å²) in [6.07, 6.45) is 0. The van der Waals surface area contributed by atoms with E-state index in [4.69, 9.17) is 0 Å². The number of carbonyl (C=O) groups is 1. The minimum Gasteiger partial charge on any atom is -0.326 e. The maximum Gasteiger partial charge on any atom is 0.261 e. The smallest absolute Gasteiger partial charge is 0.261 e. The van der Waals surface area contributed by atoms with Crippen LogP contribution in [0.15, 0.2) is 53.4 Å². The molecule has 0 bridgehead atoms. The molecule has 0 saturated carbocycles. The lowest BCUT2D eigenvalue weighted by molar-refractivity contribution is -0.114. The van der Waals surface area contributed by atoms with Crippen LogP contribution in [0.5, 0.6) is 0 Å². The molecule has 0 aliphatic rings. The molecule has 6 heteroatoms. The van der Waals surface area contributed by atoms with E-state index in [-0.39, 0.29) is 10.8 Å². The molecule has 0 radical (unpaired) electrons. The van der Waals surface area contributed by atoms with Crippen LogP contribution in [0, 0.1) is 6.92 Å². The van der Waals surface area contributed by atoms with Gasteiger partial charge in [-0.25, -0.2) is 8.42 Å². The van der Waals surface area contributed by atoms with Gasteiger partial charge in [0.2, 0.25) is 5.91 Å². The van der Waals surface area contributed by atoms with Gasteiger partial charge in [-0.2, -0.15) is 0 Å². The molecule has 0 spiro atoms. The molecule has 0 atom stereocenters. The molecule has 2 rings (SSSR count). The van der Waals surface area contributed by atoms with Crippen molar-refractivity contribution < 1.29 is 13.2 Å². The Labute approximate surface area is 124 Å². The molecule has 110 valence electrons. The van der Waals surface area contributed by atoms with Crippen molar-refractivity contribution >= 4 is 27.3 Å². The first-order valence-electron chi connectivity index (χ1n) is 6.34. The van der Waals surface area contributed by atoms with E-state index in [1.54, 1.807) is 36.4 Å². The van der Waals surface area contributed by atoms with Crippen molar-refractivity contribution in [1.29, 1.82) is 0 Å². The fourth-order valence-corrected chi connectivity index (χ4v) is 3.01. The van der Waals surface area contributed by atoms with Gasteiger partial charge in [-0.05, 0) is 42.8 Å². The second-order valence-electron chi connectivity index (χ2n) is 4.68. The van der Waals surface area contributed by atoms with Gasteiger partial charge < -0.3 is 5.32 Å². The standard InChI is InChI=1S/C15H16N2O3S/c1-11-5-3-8-15(9-11)21(19,20)17-14-7-4-6-13(10-14)16-12(2)18/h3-10,17H,1-2H3,(H,16,18). The average Bonchev–Trinajstić information content (AvgIpc) is 2.37. The number of aryl methyl sites for hydroxylation is 1. The summed E-state index contributed by atoms with van der Waals surface area (Å²) in [7, 11) is -3.64. The summed E-state index contributed by atoms with van der Waals surface area (Å²) in [6, 6.07) is 13.2. The first-order valence-corrected chi connectivity index (χ1v) is 7.82. The number of carbonyl (C=O) groups excluding carboxylic acids is 1. The van der Waals surface area contributed by atoms with Crippen molar-refractivity contribution in [3.05, 3.63) is 54.1 Å². The maximum atomic E-state index is 12.3. The predicted octanol–water partition coefficient (Wildman–Crippen LogP) is 2.75. The number of hydrogen-bond donors (Lipinski definition) is 2. The Morgan fingerprint density at radius 3 is 2.33 bits per heavy atom. The molecular formula is C15H16N2O3S. The summed E-state index contributed by atoms with van der Waals surface area (Å²) in [5, 5.41) is 2.61. The van der Waals surface area contributed by atoms with Gasteiger partial charge in [0.1, 0.15) is 0 Å². The molecule has 0 unspecified atom stereocenters. The van der Waals surface area contributed by atoms with Crippen molar-refractivity contribution in [2.24, 2.45) is 0 Å².